The molecule has 2 heteroatoms. The summed E-state index contributed by atoms with van der Waals surface area (Å²) in [6.07, 6.45) is 2.53. The van der Waals surface area contributed by atoms with Gasteiger partial charge >= 0.3 is 0 Å². The first kappa shape index (κ1) is 13.0. The van der Waals surface area contributed by atoms with E-state index in [1.54, 1.807) is 0 Å². The second kappa shape index (κ2) is 6.54. The highest BCUT2D eigenvalue weighted by atomic mass is 16.5. The van der Waals surface area contributed by atoms with Crippen LogP contribution in [0.2, 0.25) is 0 Å². The van der Waals surface area contributed by atoms with Crippen LogP contribution in [0.15, 0.2) is 18.2 Å². The molecule has 0 bridgehead atoms. The predicted octanol–water partition coefficient (Wildman–Crippen LogP) is 3.07. The summed E-state index contributed by atoms with van der Waals surface area (Å²) in [5.41, 5.74) is 2.52. The van der Waals surface area contributed by atoms with Gasteiger partial charge in [0.15, 0.2) is 0 Å². The molecule has 1 atom stereocenters. The fraction of sp³-hybridized carbons (Fsp3) is 0.571. The van der Waals surface area contributed by atoms with Gasteiger partial charge in [-0.15, -0.1) is 0 Å². The first-order valence-corrected chi connectivity index (χ1v) is 6.01. The molecular formula is C14H23NO. The Balaban J connectivity index is 2.45. The van der Waals surface area contributed by atoms with E-state index in [2.05, 4.69) is 44.3 Å². The van der Waals surface area contributed by atoms with Crippen molar-refractivity contribution in [1.29, 1.82) is 0 Å². The molecule has 0 spiro atoms. The van der Waals surface area contributed by atoms with E-state index in [1.807, 2.05) is 7.05 Å². The molecule has 0 heterocycles. The van der Waals surface area contributed by atoms with Crippen molar-refractivity contribution < 1.29 is 4.74 Å². The van der Waals surface area contributed by atoms with Crippen LogP contribution >= 0.6 is 0 Å². The van der Waals surface area contributed by atoms with Crippen LogP contribution in [0.1, 0.15) is 30.9 Å². The predicted molar refractivity (Wildman–Crippen MR) is 69.2 cm³/mol. The molecule has 0 radical (unpaired) electrons. The maximum Gasteiger partial charge on any atom is 0.120 e. The van der Waals surface area contributed by atoms with Crippen LogP contribution in [-0.4, -0.2) is 19.7 Å². The Bertz CT molecular complexity index is 302. The van der Waals surface area contributed by atoms with Gasteiger partial charge in [-0.3, -0.25) is 0 Å². The molecule has 0 fully saturated rings. The normalized spacial score (nSPS) is 12.5. The number of rotatable bonds is 6. The van der Waals surface area contributed by atoms with Crippen molar-refractivity contribution in [2.24, 2.45) is 0 Å². The van der Waals surface area contributed by atoms with E-state index >= 15 is 0 Å². The minimum Gasteiger partial charge on any atom is -0.491 e. The van der Waals surface area contributed by atoms with E-state index < -0.39 is 0 Å². The maximum atomic E-state index is 5.89. The van der Waals surface area contributed by atoms with E-state index in [0.717, 1.165) is 25.1 Å². The highest BCUT2D eigenvalue weighted by Gasteiger charge is 2.04. The molecule has 1 unspecified atom stereocenters. The van der Waals surface area contributed by atoms with Gasteiger partial charge in [0, 0.05) is 0 Å². The zero-order valence-electron chi connectivity index (χ0n) is 10.8. The van der Waals surface area contributed by atoms with Crippen LogP contribution in [0.4, 0.5) is 0 Å². The van der Waals surface area contributed by atoms with Crippen molar-refractivity contribution in [3.8, 4) is 5.75 Å². The summed E-state index contributed by atoms with van der Waals surface area (Å²) in [7, 11) is 1.98. The smallest absolute Gasteiger partial charge is 0.120 e. The summed E-state index contributed by atoms with van der Waals surface area (Å²) in [5, 5.41) is 3.15. The Morgan fingerprint density at radius 2 is 1.81 bits per heavy atom. The lowest BCUT2D eigenvalue weighted by molar-refractivity contribution is 0.207. The largest absolute Gasteiger partial charge is 0.491 e. The first-order chi connectivity index (χ1) is 7.61. The highest BCUT2D eigenvalue weighted by Crippen LogP contribution is 2.18. The molecule has 0 saturated carbocycles. The number of aryl methyl sites for hydroxylation is 2. The molecule has 0 aliphatic rings. The third-order valence-corrected chi connectivity index (χ3v) is 2.57. The van der Waals surface area contributed by atoms with Gasteiger partial charge < -0.3 is 10.1 Å². The maximum absolute atomic E-state index is 5.89. The van der Waals surface area contributed by atoms with Crippen LogP contribution in [0.25, 0.3) is 0 Å². The number of hydrogen-bond donors (Lipinski definition) is 1. The monoisotopic (exact) mass is 221 g/mol. The molecule has 90 valence electrons. The molecule has 2 nitrogen and oxygen atoms in total. The molecule has 1 N–H and O–H groups in total. The SMILES string of the molecule is CNCCCC(C)Oc1cc(C)cc(C)c1. The van der Waals surface area contributed by atoms with Gasteiger partial charge in [-0.05, 0) is 70.5 Å². The van der Waals surface area contributed by atoms with Gasteiger partial charge in [0.05, 0.1) is 6.10 Å². The zero-order valence-corrected chi connectivity index (χ0v) is 10.8. The van der Waals surface area contributed by atoms with Gasteiger partial charge in [-0.25, -0.2) is 0 Å². The van der Waals surface area contributed by atoms with Crippen LogP contribution in [0.3, 0.4) is 0 Å². The molecular weight excluding hydrogens is 198 g/mol. The van der Waals surface area contributed by atoms with Crippen molar-refractivity contribution in [2.75, 3.05) is 13.6 Å². The molecule has 16 heavy (non-hydrogen) atoms. The Labute approximate surface area is 99.0 Å². The Kier molecular flexibility index (Phi) is 5.33. The topological polar surface area (TPSA) is 21.3 Å². The van der Waals surface area contributed by atoms with E-state index in [4.69, 9.17) is 4.74 Å². The van der Waals surface area contributed by atoms with E-state index in [0.29, 0.717) is 0 Å². The van der Waals surface area contributed by atoms with Crippen LogP contribution in [-0.2, 0) is 0 Å². The molecule has 1 rings (SSSR count). The number of ether oxygens (including phenoxy) is 1. The lowest BCUT2D eigenvalue weighted by atomic mass is 10.1. The van der Waals surface area contributed by atoms with Gasteiger partial charge in [0.2, 0.25) is 0 Å². The lowest BCUT2D eigenvalue weighted by Crippen LogP contribution is -2.15. The summed E-state index contributed by atoms with van der Waals surface area (Å²) in [6, 6.07) is 6.36. The third-order valence-electron chi connectivity index (χ3n) is 2.57. The minimum atomic E-state index is 0.287. The zero-order chi connectivity index (χ0) is 12.0. The lowest BCUT2D eigenvalue weighted by Gasteiger charge is -2.15. The van der Waals surface area contributed by atoms with Crippen molar-refractivity contribution in [3.63, 3.8) is 0 Å². The van der Waals surface area contributed by atoms with Crippen molar-refractivity contribution in [3.05, 3.63) is 29.3 Å². The second-order valence-electron chi connectivity index (χ2n) is 4.50. The molecule has 0 aliphatic carbocycles. The van der Waals surface area contributed by atoms with Crippen LogP contribution < -0.4 is 10.1 Å². The van der Waals surface area contributed by atoms with Crippen molar-refractivity contribution in [1.82, 2.24) is 5.32 Å². The quantitative estimate of drug-likeness (QED) is 0.745. The summed E-state index contributed by atoms with van der Waals surface area (Å²) in [4.78, 5) is 0. The summed E-state index contributed by atoms with van der Waals surface area (Å²) >= 11 is 0. The summed E-state index contributed by atoms with van der Waals surface area (Å²) in [5.74, 6) is 0.995. The molecule has 0 aliphatic heterocycles. The average molecular weight is 221 g/mol. The fourth-order valence-electron chi connectivity index (χ4n) is 1.86. The molecule has 0 amide bonds. The van der Waals surface area contributed by atoms with Gasteiger partial charge in [-0.2, -0.15) is 0 Å². The Morgan fingerprint density at radius 1 is 1.19 bits per heavy atom. The van der Waals surface area contributed by atoms with E-state index in [1.165, 1.54) is 11.1 Å². The third kappa shape index (κ3) is 4.67. The standard InChI is InChI=1S/C14H23NO/c1-11-8-12(2)10-14(9-11)16-13(3)6-5-7-15-4/h8-10,13,15H,5-7H2,1-4H3. The Hall–Kier alpha value is -1.02. The highest BCUT2D eigenvalue weighted by molar-refractivity contribution is 5.33. The summed E-state index contributed by atoms with van der Waals surface area (Å²) < 4.78 is 5.89. The number of hydrogen-bond acceptors (Lipinski definition) is 2. The fourth-order valence-corrected chi connectivity index (χ4v) is 1.86. The van der Waals surface area contributed by atoms with E-state index in [9.17, 15) is 0 Å². The van der Waals surface area contributed by atoms with Gasteiger partial charge in [0.25, 0.3) is 0 Å². The second-order valence-corrected chi connectivity index (χ2v) is 4.50. The van der Waals surface area contributed by atoms with Gasteiger partial charge in [-0.1, -0.05) is 6.07 Å². The minimum absolute atomic E-state index is 0.287. The molecule has 1 aromatic carbocycles. The molecule has 0 aromatic heterocycles. The average Bonchev–Trinajstić information content (AvgIpc) is 2.16. The van der Waals surface area contributed by atoms with Crippen molar-refractivity contribution >= 4 is 0 Å². The number of benzene rings is 1. The van der Waals surface area contributed by atoms with Crippen LogP contribution in [0.5, 0.6) is 5.75 Å². The van der Waals surface area contributed by atoms with Gasteiger partial charge in [0.1, 0.15) is 5.75 Å². The summed E-state index contributed by atoms with van der Waals surface area (Å²) in [6.45, 7) is 7.39. The first-order valence-electron chi connectivity index (χ1n) is 6.01. The van der Waals surface area contributed by atoms with Crippen LogP contribution in [0, 0.1) is 13.8 Å². The number of nitrogens with one attached hydrogen (secondary N) is 1. The molecule has 1 aromatic rings. The Morgan fingerprint density at radius 3 is 2.38 bits per heavy atom. The van der Waals surface area contributed by atoms with E-state index in [-0.39, 0.29) is 6.10 Å². The molecule has 0 saturated heterocycles. The van der Waals surface area contributed by atoms with Crippen molar-refractivity contribution in [2.45, 2.75) is 39.7 Å².